The zero-order valence-corrected chi connectivity index (χ0v) is 11.4. The zero-order chi connectivity index (χ0) is 14.3. The molecule has 1 unspecified atom stereocenters. The van der Waals surface area contributed by atoms with Gasteiger partial charge in [0.05, 0.1) is 5.60 Å². The molecule has 1 heterocycles. The monoisotopic (exact) mass is 272 g/mol. The summed E-state index contributed by atoms with van der Waals surface area (Å²) in [6, 6.07) is 1.59. The van der Waals surface area contributed by atoms with Crippen molar-refractivity contribution < 1.29 is 23.9 Å². The first-order chi connectivity index (χ1) is 8.93. The van der Waals surface area contributed by atoms with Crippen LogP contribution in [-0.2, 0) is 9.53 Å². The van der Waals surface area contributed by atoms with Crippen LogP contribution < -0.4 is 10.1 Å². The van der Waals surface area contributed by atoms with Gasteiger partial charge in [-0.15, -0.1) is 0 Å². The molecule has 1 aromatic rings. The number of rotatable bonds is 8. The lowest BCUT2D eigenvalue weighted by molar-refractivity contribution is -0.124. The number of methoxy groups -OCH3 is 1. The number of carbonyl (C=O) groups excluding carboxylic acids is 1. The minimum atomic E-state index is -1.00. The molecule has 0 fully saturated rings. The zero-order valence-electron chi connectivity index (χ0n) is 11.4. The Kier molecular flexibility index (Phi) is 5.78. The summed E-state index contributed by atoms with van der Waals surface area (Å²) in [7, 11) is 1.56. The van der Waals surface area contributed by atoms with E-state index >= 15 is 0 Å². The number of carbonyl (C=O) groups is 1. The number of nitrogens with zero attached hydrogens (tertiary/aromatic N) is 1. The maximum absolute atomic E-state index is 11.5. The second-order valence-corrected chi connectivity index (χ2v) is 4.58. The quantitative estimate of drug-likeness (QED) is 0.705. The van der Waals surface area contributed by atoms with E-state index in [1.807, 2.05) is 0 Å². The van der Waals surface area contributed by atoms with Crippen molar-refractivity contribution in [2.75, 3.05) is 26.9 Å². The summed E-state index contributed by atoms with van der Waals surface area (Å²) >= 11 is 0. The third-order valence-electron chi connectivity index (χ3n) is 2.47. The number of ether oxygens (including phenoxy) is 2. The Hall–Kier alpha value is -1.60. The van der Waals surface area contributed by atoms with Crippen molar-refractivity contribution in [3.63, 3.8) is 0 Å². The summed E-state index contributed by atoms with van der Waals surface area (Å²) in [5.74, 6) is 0.537. The van der Waals surface area contributed by atoms with Crippen LogP contribution in [0.3, 0.4) is 0 Å². The fraction of sp³-hybridized carbons (Fsp3) is 0.667. The maximum atomic E-state index is 11.5. The van der Waals surface area contributed by atoms with Gasteiger partial charge in [-0.05, 0) is 19.0 Å². The fourth-order valence-electron chi connectivity index (χ4n) is 1.30. The van der Waals surface area contributed by atoms with Crippen LogP contribution in [0.2, 0.25) is 0 Å². The molecule has 0 saturated carbocycles. The first-order valence-electron chi connectivity index (χ1n) is 5.97. The standard InChI is InChI=1S/C12H20N2O5/c1-9-6-11(14-19-9)18-7-10(15)13-8-12(2,16)4-5-17-3/h6,16H,4-5,7-8H2,1-3H3,(H,13,15). The van der Waals surface area contributed by atoms with Crippen LogP contribution in [0.1, 0.15) is 19.1 Å². The van der Waals surface area contributed by atoms with E-state index in [2.05, 4.69) is 10.5 Å². The van der Waals surface area contributed by atoms with E-state index in [-0.39, 0.29) is 24.9 Å². The predicted molar refractivity (Wildman–Crippen MR) is 66.9 cm³/mol. The van der Waals surface area contributed by atoms with Crippen molar-refractivity contribution in [3.8, 4) is 5.88 Å². The topological polar surface area (TPSA) is 93.8 Å². The van der Waals surface area contributed by atoms with Gasteiger partial charge in [0, 0.05) is 32.7 Å². The van der Waals surface area contributed by atoms with E-state index in [0.29, 0.717) is 18.8 Å². The number of nitrogens with one attached hydrogen (secondary N) is 1. The van der Waals surface area contributed by atoms with Crippen molar-refractivity contribution >= 4 is 5.91 Å². The lowest BCUT2D eigenvalue weighted by atomic mass is 10.0. The lowest BCUT2D eigenvalue weighted by Gasteiger charge is -2.23. The fourth-order valence-corrected chi connectivity index (χ4v) is 1.30. The molecule has 0 radical (unpaired) electrons. The van der Waals surface area contributed by atoms with E-state index < -0.39 is 5.60 Å². The van der Waals surface area contributed by atoms with Gasteiger partial charge in [0.1, 0.15) is 5.76 Å². The Balaban J connectivity index is 2.24. The molecule has 1 atom stereocenters. The summed E-state index contributed by atoms with van der Waals surface area (Å²) in [4.78, 5) is 11.5. The maximum Gasteiger partial charge on any atom is 0.258 e. The van der Waals surface area contributed by atoms with Gasteiger partial charge in [0.2, 0.25) is 0 Å². The largest absolute Gasteiger partial charge is 0.465 e. The number of aryl methyl sites for hydroxylation is 1. The highest BCUT2D eigenvalue weighted by molar-refractivity contribution is 5.77. The van der Waals surface area contributed by atoms with Crippen LogP contribution in [0.4, 0.5) is 0 Å². The highest BCUT2D eigenvalue weighted by Gasteiger charge is 2.20. The van der Waals surface area contributed by atoms with Crippen LogP contribution in [0, 0.1) is 6.92 Å². The van der Waals surface area contributed by atoms with Crippen LogP contribution in [0.25, 0.3) is 0 Å². The van der Waals surface area contributed by atoms with Gasteiger partial charge in [-0.1, -0.05) is 0 Å². The Bertz CT molecular complexity index is 403. The van der Waals surface area contributed by atoms with Gasteiger partial charge in [-0.3, -0.25) is 4.79 Å². The predicted octanol–water partition coefficient (Wildman–Crippen LogP) is 0.266. The van der Waals surface area contributed by atoms with Crippen molar-refractivity contribution in [3.05, 3.63) is 11.8 Å². The molecule has 1 rings (SSSR count). The molecular weight excluding hydrogens is 252 g/mol. The Labute approximate surface area is 111 Å². The lowest BCUT2D eigenvalue weighted by Crippen LogP contribution is -2.42. The molecule has 0 aromatic carbocycles. The van der Waals surface area contributed by atoms with Gasteiger partial charge in [-0.2, -0.15) is 0 Å². The van der Waals surface area contributed by atoms with Crippen molar-refractivity contribution in [1.82, 2.24) is 10.5 Å². The summed E-state index contributed by atoms with van der Waals surface area (Å²) < 4.78 is 14.8. The smallest absolute Gasteiger partial charge is 0.258 e. The molecule has 0 spiro atoms. The van der Waals surface area contributed by atoms with Gasteiger partial charge >= 0.3 is 0 Å². The van der Waals surface area contributed by atoms with Gasteiger partial charge in [0.25, 0.3) is 11.8 Å². The molecule has 0 aliphatic carbocycles. The van der Waals surface area contributed by atoms with E-state index in [1.54, 1.807) is 27.0 Å². The van der Waals surface area contributed by atoms with Gasteiger partial charge in [0.15, 0.2) is 6.61 Å². The average Bonchev–Trinajstić information content (AvgIpc) is 2.77. The number of aromatic nitrogens is 1. The van der Waals surface area contributed by atoms with E-state index in [0.717, 1.165) is 0 Å². The molecule has 0 saturated heterocycles. The molecule has 19 heavy (non-hydrogen) atoms. The van der Waals surface area contributed by atoms with Crippen molar-refractivity contribution in [2.24, 2.45) is 0 Å². The second-order valence-electron chi connectivity index (χ2n) is 4.58. The summed E-state index contributed by atoms with van der Waals surface area (Å²) in [6.45, 7) is 3.75. The van der Waals surface area contributed by atoms with E-state index in [4.69, 9.17) is 14.0 Å². The molecule has 0 bridgehead atoms. The van der Waals surface area contributed by atoms with Crippen LogP contribution in [0.5, 0.6) is 5.88 Å². The highest BCUT2D eigenvalue weighted by atomic mass is 16.5. The minimum absolute atomic E-state index is 0.135. The number of hydrogen-bond donors (Lipinski definition) is 2. The number of aliphatic hydroxyl groups is 1. The summed E-state index contributed by atoms with van der Waals surface area (Å²) in [6.07, 6.45) is 0.438. The van der Waals surface area contributed by atoms with Crippen molar-refractivity contribution in [1.29, 1.82) is 0 Å². The molecule has 108 valence electrons. The summed E-state index contributed by atoms with van der Waals surface area (Å²) in [5, 5.41) is 16.1. The van der Waals surface area contributed by atoms with E-state index in [1.165, 1.54) is 0 Å². The van der Waals surface area contributed by atoms with Crippen LogP contribution in [-0.4, -0.2) is 48.6 Å². The Morgan fingerprint density at radius 1 is 1.63 bits per heavy atom. The van der Waals surface area contributed by atoms with Gasteiger partial charge < -0.3 is 24.4 Å². The van der Waals surface area contributed by atoms with Crippen LogP contribution >= 0.6 is 0 Å². The SMILES string of the molecule is COCCC(C)(O)CNC(=O)COc1cc(C)on1. The Morgan fingerprint density at radius 2 is 2.37 bits per heavy atom. The van der Waals surface area contributed by atoms with Gasteiger partial charge in [-0.25, -0.2) is 0 Å². The molecule has 7 nitrogen and oxygen atoms in total. The first-order valence-corrected chi connectivity index (χ1v) is 5.97. The molecule has 1 amide bonds. The normalized spacial score (nSPS) is 13.9. The average molecular weight is 272 g/mol. The molecule has 0 aliphatic heterocycles. The molecular formula is C12H20N2O5. The summed E-state index contributed by atoms with van der Waals surface area (Å²) in [5.41, 5.74) is -1.00. The molecule has 7 heteroatoms. The third kappa shape index (κ3) is 6.21. The number of amides is 1. The third-order valence-corrected chi connectivity index (χ3v) is 2.47. The van der Waals surface area contributed by atoms with Crippen LogP contribution in [0.15, 0.2) is 10.6 Å². The first kappa shape index (κ1) is 15.5. The molecule has 1 aromatic heterocycles. The molecule has 0 aliphatic rings. The molecule has 2 N–H and O–H groups in total. The van der Waals surface area contributed by atoms with Crippen molar-refractivity contribution in [2.45, 2.75) is 25.9 Å². The highest BCUT2D eigenvalue weighted by Crippen LogP contribution is 2.10. The minimum Gasteiger partial charge on any atom is -0.465 e. The number of hydrogen-bond acceptors (Lipinski definition) is 6. The second kappa shape index (κ2) is 7.10. The Morgan fingerprint density at radius 3 is 2.95 bits per heavy atom. The van der Waals surface area contributed by atoms with E-state index in [9.17, 15) is 9.90 Å².